The average molecular weight is 241 g/mol. The number of carbonyl (C=O) groups is 1. The SMILES string of the molecule is [2H][C@H]1c2[nH]c3ccccc3c2C2(CC2)CN1C(C)=O. The van der Waals surface area contributed by atoms with Gasteiger partial charge in [-0.2, -0.15) is 0 Å². The zero-order chi connectivity index (χ0) is 13.2. The van der Waals surface area contributed by atoms with E-state index in [2.05, 4.69) is 17.1 Å². The number of amides is 1. The summed E-state index contributed by atoms with van der Waals surface area (Å²) in [5, 5.41) is 1.23. The Kier molecular flexibility index (Phi) is 1.62. The topological polar surface area (TPSA) is 36.1 Å². The van der Waals surface area contributed by atoms with Gasteiger partial charge in [0.2, 0.25) is 5.91 Å². The fourth-order valence-corrected chi connectivity index (χ4v) is 3.20. The summed E-state index contributed by atoms with van der Waals surface area (Å²) >= 11 is 0. The van der Waals surface area contributed by atoms with Crippen molar-refractivity contribution in [1.82, 2.24) is 9.88 Å². The molecule has 1 aromatic heterocycles. The molecule has 0 radical (unpaired) electrons. The molecular weight excluding hydrogens is 224 g/mol. The normalized spacial score (nSPS) is 25.1. The van der Waals surface area contributed by atoms with Crippen LogP contribution in [0.5, 0.6) is 0 Å². The monoisotopic (exact) mass is 241 g/mol. The Balaban J connectivity index is 1.99. The van der Waals surface area contributed by atoms with Gasteiger partial charge in [-0.3, -0.25) is 4.79 Å². The predicted octanol–water partition coefficient (Wildman–Crippen LogP) is 2.56. The van der Waals surface area contributed by atoms with Crippen LogP contribution in [0, 0.1) is 0 Å². The highest BCUT2D eigenvalue weighted by Crippen LogP contribution is 2.54. The Labute approximate surface area is 107 Å². The number of H-pyrrole nitrogens is 1. The van der Waals surface area contributed by atoms with Crippen LogP contribution in [0.2, 0.25) is 0 Å². The first-order chi connectivity index (χ1) is 9.12. The molecule has 2 aromatic rings. The molecule has 1 amide bonds. The van der Waals surface area contributed by atoms with E-state index in [1.165, 1.54) is 10.9 Å². The van der Waals surface area contributed by atoms with Crippen LogP contribution in [0.3, 0.4) is 0 Å². The molecule has 0 saturated heterocycles. The molecule has 1 aliphatic carbocycles. The van der Waals surface area contributed by atoms with Crippen LogP contribution in [0.15, 0.2) is 24.3 Å². The Morgan fingerprint density at radius 3 is 2.94 bits per heavy atom. The van der Waals surface area contributed by atoms with E-state index in [9.17, 15) is 4.79 Å². The summed E-state index contributed by atoms with van der Waals surface area (Å²) in [6.07, 6.45) is 2.25. The molecule has 1 saturated carbocycles. The molecule has 0 bridgehead atoms. The van der Waals surface area contributed by atoms with Gasteiger partial charge in [-0.05, 0) is 24.5 Å². The molecule has 1 atom stereocenters. The maximum Gasteiger partial charge on any atom is 0.219 e. The summed E-state index contributed by atoms with van der Waals surface area (Å²) in [7, 11) is 0. The number of benzene rings is 1. The third kappa shape index (κ3) is 1.22. The summed E-state index contributed by atoms with van der Waals surface area (Å²) in [6.45, 7) is 1.67. The number of rotatable bonds is 0. The summed E-state index contributed by atoms with van der Waals surface area (Å²) in [6, 6.07) is 8.23. The van der Waals surface area contributed by atoms with Crippen LogP contribution in [0.1, 0.15) is 32.4 Å². The predicted molar refractivity (Wildman–Crippen MR) is 70.3 cm³/mol. The minimum Gasteiger partial charge on any atom is -0.357 e. The van der Waals surface area contributed by atoms with E-state index in [4.69, 9.17) is 1.37 Å². The smallest absolute Gasteiger partial charge is 0.219 e. The van der Waals surface area contributed by atoms with Gasteiger partial charge in [0.05, 0.1) is 7.89 Å². The number of fused-ring (bicyclic) bond motifs is 4. The van der Waals surface area contributed by atoms with Crippen LogP contribution >= 0.6 is 0 Å². The number of carbonyl (C=O) groups excluding carboxylic acids is 1. The number of nitrogens with zero attached hydrogens (tertiary/aromatic N) is 1. The van der Waals surface area contributed by atoms with Crippen molar-refractivity contribution in [1.29, 1.82) is 0 Å². The summed E-state index contributed by atoms with van der Waals surface area (Å²) in [5.41, 5.74) is 3.40. The van der Waals surface area contributed by atoms with Crippen LogP contribution in [-0.4, -0.2) is 22.3 Å². The first-order valence-electron chi connectivity index (χ1n) is 7.01. The number of hydrogen-bond acceptors (Lipinski definition) is 1. The van der Waals surface area contributed by atoms with E-state index in [-0.39, 0.29) is 11.3 Å². The Morgan fingerprint density at radius 1 is 1.44 bits per heavy atom. The maximum atomic E-state index is 11.7. The lowest BCUT2D eigenvalue weighted by Crippen LogP contribution is -2.40. The fraction of sp³-hybridized carbons (Fsp3) is 0.400. The molecular formula is C15H16N2O. The van der Waals surface area contributed by atoms with E-state index in [0.717, 1.165) is 24.1 Å². The fourth-order valence-electron chi connectivity index (χ4n) is 3.20. The lowest BCUT2D eigenvalue weighted by molar-refractivity contribution is -0.130. The van der Waals surface area contributed by atoms with Gasteiger partial charge in [0.25, 0.3) is 0 Å². The molecule has 2 aliphatic rings. The van der Waals surface area contributed by atoms with Gasteiger partial charge in [-0.25, -0.2) is 0 Å². The second-order valence-corrected chi connectivity index (χ2v) is 5.52. The first-order valence-corrected chi connectivity index (χ1v) is 6.43. The number of aromatic amines is 1. The van der Waals surface area contributed by atoms with Crippen molar-refractivity contribution in [3.05, 3.63) is 35.5 Å². The molecule has 2 heterocycles. The van der Waals surface area contributed by atoms with Gasteiger partial charge in [-0.15, -0.1) is 0 Å². The summed E-state index contributed by atoms with van der Waals surface area (Å²) < 4.78 is 8.35. The van der Waals surface area contributed by atoms with Gasteiger partial charge in [0.1, 0.15) is 0 Å². The van der Waals surface area contributed by atoms with Crippen molar-refractivity contribution in [3.63, 3.8) is 0 Å². The molecule has 1 aromatic carbocycles. The van der Waals surface area contributed by atoms with Gasteiger partial charge >= 0.3 is 0 Å². The minimum atomic E-state index is -0.592. The molecule has 3 nitrogen and oxygen atoms in total. The van der Waals surface area contributed by atoms with Crippen molar-refractivity contribution in [2.24, 2.45) is 0 Å². The first kappa shape index (κ1) is 9.20. The maximum absolute atomic E-state index is 11.7. The molecule has 1 N–H and O–H groups in total. The van der Waals surface area contributed by atoms with E-state index < -0.39 is 6.52 Å². The number of nitrogens with one attached hydrogen (secondary N) is 1. The van der Waals surface area contributed by atoms with Gasteiger partial charge in [-0.1, -0.05) is 18.2 Å². The zero-order valence-corrected chi connectivity index (χ0v) is 10.4. The van der Waals surface area contributed by atoms with Crippen molar-refractivity contribution in [2.75, 3.05) is 6.54 Å². The van der Waals surface area contributed by atoms with Crippen molar-refractivity contribution in [3.8, 4) is 0 Å². The Morgan fingerprint density at radius 2 is 2.22 bits per heavy atom. The third-order valence-corrected chi connectivity index (χ3v) is 4.28. The van der Waals surface area contributed by atoms with Crippen LogP contribution < -0.4 is 0 Å². The lowest BCUT2D eigenvalue weighted by Gasteiger charge is -2.32. The number of aromatic nitrogens is 1. The molecule has 18 heavy (non-hydrogen) atoms. The summed E-state index contributed by atoms with van der Waals surface area (Å²) in [4.78, 5) is 16.8. The highest BCUT2D eigenvalue weighted by Gasteiger charge is 2.51. The molecule has 4 rings (SSSR count). The van der Waals surface area contributed by atoms with Crippen LogP contribution in [0.4, 0.5) is 0 Å². The van der Waals surface area contributed by atoms with Crippen molar-refractivity contribution < 1.29 is 6.17 Å². The molecule has 1 spiro atoms. The molecule has 1 aliphatic heterocycles. The standard InChI is InChI=1S/C15H16N2O/c1-10(18)17-8-13-14(15(9-17)6-7-15)11-4-2-3-5-12(11)16-13/h2-5,16H,6-9H2,1H3/i8D/t8-/m0/s1. The van der Waals surface area contributed by atoms with Gasteiger partial charge in [0.15, 0.2) is 0 Å². The molecule has 3 heteroatoms. The van der Waals surface area contributed by atoms with Gasteiger partial charge in [0, 0.05) is 35.5 Å². The Bertz CT molecular complexity index is 687. The van der Waals surface area contributed by atoms with Crippen LogP contribution in [-0.2, 0) is 16.7 Å². The minimum absolute atomic E-state index is 0.00409. The summed E-state index contributed by atoms with van der Waals surface area (Å²) in [5.74, 6) is -0.00409. The van der Waals surface area contributed by atoms with E-state index in [0.29, 0.717) is 6.54 Å². The average Bonchev–Trinajstić information content (AvgIpc) is 3.04. The second kappa shape index (κ2) is 3.16. The Hall–Kier alpha value is -1.77. The highest BCUT2D eigenvalue weighted by atomic mass is 16.2. The lowest BCUT2D eigenvalue weighted by atomic mass is 9.89. The van der Waals surface area contributed by atoms with E-state index >= 15 is 0 Å². The molecule has 1 fully saturated rings. The zero-order valence-electron chi connectivity index (χ0n) is 11.4. The van der Waals surface area contributed by atoms with Crippen LogP contribution in [0.25, 0.3) is 10.9 Å². The second-order valence-electron chi connectivity index (χ2n) is 5.52. The van der Waals surface area contributed by atoms with Gasteiger partial charge < -0.3 is 9.88 Å². The quantitative estimate of drug-likeness (QED) is 0.756. The highest BCUT2D eigenvalue weighted by molar-refractivity contribution is 5.87. The van der Waals surface area contributed by atoms with Crippen molar-refractivity contribution in [2.45, 2.75) is 31.7 Å². The van der Waals surface area contributed by atoms with E-state index in [1.54, 1.807) is 11.8 Å². The largest absolute Gasteiger partial charge is 0.357 e. The van der Waals surface area contributed by atoms with E-state index in [1.807, 2.05) is 12.1 Å². The number of hydrogen-bond donors (Lipinski definition) is 1. The molecule has 0 unspecified atom stereocenters. The third-order valence-electron chi connectivity index (χ3n) is 4.28. The van der Waals surface area contributed by atoms with Crippen molar-refractivity contribution >= 4 is 16.8 Å². The molecule has 92 valence electrons. The number of para-hydroxylation sites is 1.